The summed E-state index contributed by atoms with van der Waals surface area (Å²) in [7, 11) is 1.87. The molecule has 0 bridgehead atoms. The molecule has 2 aromatic rings. The number of benzene rings is 1. The van der Waals surface area contributed by atoms with E-state index >= 15 is 0 Å². The number of aromatic nitrogens is 1. The van der Waals surface area contributed by atoms with Crippen LogP contribution in [0.2, 0.25) is 0 Å². The lowest BCUT2D eigenvalue weighted by Gasteiger charge is -2.35. The summed E-state index contributed by atoms with van der Waals surface area (Å²) in [4.78, 5) is 43.9. The number of rotatable bonds is 4. The largest absolute Gasteiger partial charge is 0.335 e. The highest BCUT2D eigenvalue weighted by Gasteiger charge is 2.30. The number of pyridine rings is 1. The van der Waals surface area contributed by atoms with E-state index in [0.29, 0.717) is 30.0 Å². The van der Waals surface area contributed by atoms with Gasteiger partial charge in [0.25, 0.3) is 5.91 Å². The van der Waals surface area contributed by atoms with Crippen molar-refractivity contribution >= 4 is 29.2 Å². The number of likely N-dealkylation sites (tertiary alicyclic amines) is 1. The molecule has 3 heterocycles. The third kappa shape index (κ3) is 3.40. The number of carbonyl (C=O) groups excluding carboxylic acids is 3. The Bertz CT molecular complexity index is 928. The molecule has 144 valence electrons. The summed E-state index contributed by atoms with van der Waals surface area (Å²) in [5, 5.41) is 5.78. The fraction of sp³-hybridized carbons (Fsp3) is 0.300. The van der Waals surface area contributed by atoms with Crippen LogP contribution in [0.15, 0.2) is 42.6 Å². The number of hydrogen-bond acceptors (Lipinski definition) is 5. The molecule has 28 heavy (non-hydrogen) atoms. The van der Waals surface area contributed by atoms with Gasteiger partial charge in [-0.2, -0.15) is 0 Å². The van der Waals surface area contributed by atoms with Crippen LogP contribution in [-0.2, 0) is 9.59 Å². The average Bonchev–Trinajstić information content (AvgIpc) is 3.10. The fourth-order valence-electron chi connectivity index (χ4n) is 3.58. The summed E-state index contributed by atoms with van der Waals surface area (Å²) in [6.45, 7) is 0.707. The summed E-state index contributed by atoms with van der Waals surface area (Å²) < 4.78 is 0. The smallest absolute Gasteiger partial charge is 0.256 e. The first kappa shape index (κ1) is 18.0. The minimum Gasteiger partial charge on any atom is -0.335 e. The molecule has 2 aliphatic rings. The van der Waals surface area contributed by atoms with E-state index in [9.17, 15) is 14.4 Å². The summed E-state index contributed by atoms with van der Waals surface area (Å²) in [6.07, 6.45) is 2.64. The van der Waals surface area contributed by atoms with E-state index in [0.717, 1.165) is 12.0 Å². The molecule has 3 amide bonds. The number of hydrogen-bond donors (Lipinski definition) is 2. The second kappa shape index (κ2) is 7.30. The van der Waals surface area contributed by atoms with Crippen LogP contribution in [0, 0.1) is 0 Å². The fourth-order valence-corrected chi connectivity index (χ4v) is 3.58. The van der Waals surface area contributed by atoms with Gasteiger partial charge in [-0.3, -0.25) is 14.4 Å². The van der Waals surface area contributed by atoms with Crippen molar-refractivity contribution in [3.8, 4) is 0 Å². The molecule has 4 rings (SSSR count). The lowest BCUT2D eigenvalue weighted by molar-refractivity contribution is -0.131. The molecule has 0 saturated carbocycles. The molecular formula is C20H21N5O3. The lowest BCUT2D eigenvalue weighted by Crippen LogP contribution is -2.45. The number of anilines is 2. The van der Waals surface area contributed by atoms with Gasteiger partial charge in [-0.15, -0.1) is 0 Å². The first-order valence-electron chi connectivity index (χ1n) is 9.19. The SMILES string of the molecule is CN1c2ncccc2C(=O)NC1c1ccc(NC(=O)CN2CCCC2=O)cc1. The first-order chi connectivity index (χ1) is 13.5. The van der Waals surface area contributed by atoms with Crippen LogP contribution < -0.4 is 15.5 Å². The van der Waals surface area contributed by atoms with Crippen molar-refractivity contribution in [3.05, 3.63) is 53.7 Å². The summed E-state index contributed by atoms with van der Waals surface area (Å²) >= 11 is 0. The number of fused-ring (bicyclic) bond motifs is 1. The van der Waals surface area contributed by atoms with Crippen LogP contribution in [0.25, 0.3) is 0 Å². The van der Waals surface area contributed by atoms with Gasteiger partial charge in [0.1, 0.15) is 12.0 Å². The van der Waals surface area contributed by atoms with Gasteiger partial charge in [0, 0.05) is 31.9 Å². The molecule has 1 fully saturated rings. The molecular weight excluding hydrogens is 358 g/mol. The van der Waals surface area contributed by atoms with E-state index in [1.165, 1.54) is 0 Å². The molecule has 2 aliphatic heterocycles. The van der Waals surface area contributed by atoms with E-state index in [2.05, 4.69) is 15.6 Å². The van der Waals surface area contributed by atoms with E-state index in [1.807, 2.05) is 24.1 Å². The molecule has 8 heteroatoms. The van der Waals surface area contributed by atoms with Gasteiger partial charge in [0.15, 0.2) is 0 Å². The van der Waals surface area contributed by atoms with Gasteiger partial charge in [-0.25, -0.2) is 4.98 Å². The molecule has 1 saturated heterocycles. The maximum absolute atomic E-state index is 12.4. The van der Waals surface area contributed by atoms with E-state index in [4.69, 9.17) is 0 Å². The Balaban J connectivity index is 1.44. The molecule has 2 N–H and O–H groups in total. The molecule has 1 atom stereocenters. The third-order valence-corrected chi connectivity index (χ3v) is 5.04. The second-order valence-corrected chi connectivity index (χ2v) is 6.95. The van der Waals surface area contributed by atoms with Crippen LogP contribution in [0.5, 0.6) is 0 Å². The number of carbonyl (C=O) groups is 3. The Hall–Kier alpha value is -3.42. The van der Waals surface area contributed by atoms with Crippen molar-refractivity contribution in [2.24, 2.45) is 0 Å². The van der Waals surface area contributed by atoms with Gasteiger partial charge >= 0.3 is 0 Å². The van der Waals surface area contributed by atoms with Crippen LogP contribution in [0.4, 0.5) is 11.5 Å². The van der Waals surface area contributed by atoms with Gasteiger partial charge in [-0.05, 0) is 36.2 Å². The molecule has 0 spiro atoms. The maximum atomic E-state index is 12.4. The highest BCUT2D eigenvalue weighted by molar-refractivity contribution is 6.01. The minimum absolute atomic E-state index is 0.0236. The summed E-state index contributed by atoms with van der Waals surface area (Å²) in [5.41, 5.74) is 2.06. The monoisotopic (exact) mass is 379 g/mol. The Morgan fingerprint density at radius 1 is 1.25 bits per heavy atom. The van der Waals surface area contributed by atoms with Crippen molar-refractivity contribution in [1.82, 2.24) is 15.2 Å². The lowest BCUT2D eigenvalue weighted by atomic mass is 10.1. The zero-order chi connectivity index (χ0) is 19.7. The first-order valence-corrected chi connectivity index (χ1v) is 9.19. The number of nitrogens with one attached hydrogen (secondary N) is 2. The molecule has 1 aromatic carbocycles. The quantitative estimate of drug-likeness (QED) is 0.840. The predicted molar refractivity (Wildman–Crippen MR) is 104 cm³/mol. The zero-order valence-corrected chi connectivity index (χ0v) is 15.5. The van der Waals surface area contributed by atoms with Crippen molar-refractivity contribution in [2.75, 3.05) is 30.4 Å². The van der Waals surface area contributed by atoms with Crippen molar-refractivity contribution in [3.63, 3.8) is 0 Å². The molecule has 1 aromatic heterocycles. The molecule has 0 radical (unpaired) electrons. The Kier molecular flexibility index (Phi) is 4.68. The Morgan fingerprint density at radius 3 is 2.75 bits per heavy atom. The standard InChI is InChI=1S/C20H21N5O3/c1-24-18(23-20(28)15-4-2-10-21-19(15)24)13-6-8-14(9-7-13)22-16(26)12-25-11-3-5-17(25)27/h2,4,6-10,18H,3,5,11-12H2,1H3,(H,22,26)(H,23,28). The van der Waals surface area contributed by atoms with Gasteiger partial charge < -0.3 is 20.4 Å². The van der Waals surface area contributed by atoms with Crippen LogP contribution in [0.1, 0.15) is 34.9 Å². The van der Waals surface area contributed by atoms with Crippen LogP contribution >= 0.6 is 0 Å². The van der Waals surface area contributed by atoms with E-state index in [1.54, 1.807) is 35.4 Å². The topological polar surface area (TPSA) is 94.6 Å². The summed E-state index contributed by atoms with van der Waals surface area (Å²) in [6, 6.07) is 10.8. The van der Waals surface area contributed by atoms with Gasteiger partial charge in [0.2, 0.25) is 11.8 Å². The van der Waals surface area contributed by atoms with Crippen LogP contribution in [-0.4, -0.2) is 47.7 Å². The molecule has 1 unspecified atom stereocenters. The van der Waals surface area contributed by atoms with Gasteiger partial charge in [0.05, 0.1) is 12.1 Å². The van der Waals surface area contributed by atoms with E-state index in [-0.39, 0.29) is 30.4 Å². The highest BCUT2D eigenvalue weighted by Crippen LogP contribution is 2.30. The third-order valence-electron chi connectivity index (χ3n) is 5.04. The normalized spacial score (nSPS) is 18.7. The summed E-state index contributed by atoms with van der Waals surface area (Å²) in [5.74, 6) is 0.266. The van der Waals surface area contributed by atoms with Crippen molar-refractivity contribution < 1.29 is 14.4 Å². The Labute approximate surface area is 162 Å². The number of nitrogens with zero attached hydrogens (tertiary/aromatic N) is 3. The molecule has 8 nitrogen and oxygen atoms in total. The van der Waals surface area contributed by atoms with Crippen LogP contribution in [0.3, 0.4) is 0 Å². The minimum atomic E-state index is -0.345. The highest BCUT2D eigenvalue weighted by atomic mass is 16.2. The maximum Gasteiger partial charge on any atom is 0.256 e. The predicted octanol–water partition coefficient (Wildman–Crippen LogP) is 1.52. The average molecular weight is 379 g/mol. The molecule has 0 aliphatic carbocycles. The van der Waals surface area contributed by atoms with Crippen molar-refractivity contribution in [1.29, 1.82) is 0 Å². The van der Waals surface area contributed by atoms with Crippen molar-refractivity contribution in [2.45, 2.75) is 19.0 Å². The Morgan fingerprint density at radius 2 is 2.04 bits per heavy atom. The zero-order valence-electron chi connectivity index (χ0n) is 15.5. The van der Waals surface area contributed by atoms with E-state index < -0.39 is 0 Å². The van der Waals surface area contributed by atoms with Gasteiger partial charge in [-0.1, -0.05) is 12.1 Å². The number of amides is 3. The second-order valence-electron chi connectivity index (χ2n) is 6.95.